The Bertz CT molecular complexity index is 722. The lowest BCUT2D eigenvalue weighted by Crippen LogP contribution is -2.55. The van der Waals surface area contributed by atoms with E-state index in [1.54, 1.807) is 5.57 Å². The molecule has 4 aliphatic carbocycles. The fraction of sp³-hybridized carbons (Fsp3) is 0.897. The summed E-state index contributed by atoms with van der Waals surface area (Å²) in [5.41, 5.74) is 1.71. The highest BCUT2D eigenvalue weighted by Gasteiger charge is 2.68. The number of carbonyl (C=O) groups is 1. The summed E-state index contributed by atoms with van der Waals surface area (Å²) in [6, 6.07) is 0. The molecule has 2 heteroatoms. The first-order valence-corrected chi connectivity index (χ1v) is 13.5. The van der Waals surface area contributed by atoms with Gasteiger partial charge < -0.3 is 5.11 Å². The minimum absolute atomic E-state index is 0.119. The molecule has 0 amide bonds. The molecule has 8 atom stereocenters. The van der Waals surface area contributed by atoms with Crippen LogP contribution in [0.25, 0.3) is 0 Å². The Labute approximate surface area is 191 Å². The van der Waals surface area contributed by atoms with Crippen molar-refractivity contribution in [3.8, 4) is 0 Å². The fourth-order valence-electron chi connectivity index (χ4n) is 9.20. The molecule has 0 aromatic heterocycles. The molecule has 0 aliphatic heterocycles. The molecule has 31 heavy (non-hydrogen) atoms. The van der Waals surface area contributed by atoms with Crippen molar-refractivity contribution in [3.05, 3.63) is 11.6 Å². The molecule has 4 rings (SSSR count). The van der Waals surface area contributed by atoms with Gasteiger partial charge in [-0.3, -0.25) is 4.79 Å². The molecule has 0 saturated heterocycles. The summed E-state index contributed by atoms with van der Waals surface area (Å²) >= 11 is 0. The molecular weight excluding hydrogens is 380 g/mol. The number of rotatable bonds is 6. The second-order valence-electron chi connectivity index (χ2n) is 12.8. The highest BCUT2D eigenvalue weighted by Crippen LogP contribution is 2.72. The molecule has 0 radical (unpaired) electrons. The van der Waals surface area contributed by atoms with E-state index >= 15 is 0 Å². The van der Waals surface area contributed by atoms with E-state index in [9.17, 15) is 9.90 Å². The molecule has 0 bridgehead atoms. The second kappa shape index (κ2) is 8.30. The monoisotopic (exact) mass is 428 g/mol. The molecular formula is C29H48O2. The molecule has 4 aliphatic rings. The lowest BCUT2D eigenvalue weighted by atomic mass is 9.42. The summed E-state index contributed by atoms with van der Waals surface area (Å²) in [4.78, 5) is 14.0. The van der Waals surface area contributed by atoms with Crippen molar-refractivity contribution in [3.63, 3.8) is 0 Å². The van der Waals surface area contributed by atoms with Crippen molar-refractivity contribution < 1.29 is 9.90 Å². The summed E-state index contributed by atoms with van der Waals surface area (Å²) < 4.78 is 0. The van der Waals surface area contributed by atoms with Gasteiger partial charge in [-0.25, -0.2) is 0 Å². The Hall–Kier alpha value is -0.630. The van der Waals surface area contributed by atoms with E-state index in [-0.39, 0.29) is 22.3 Å². The summed E-state index contributed by atoms with van der Waals surface area (Å²) in [6.45, 7) is 14.4. The second-order valence-corrected chi connectivity index (χ2v) is 12.8. The molecule has 0 heterocycles. The van der Waals surface area contributed by atoms with E-state index in [4.69, 9.17) is 0 Å². The summed E-state index contributed by atoms with van der Waals surface area (Å²) in [5, 5.41) is 10.3. The van der Waals surface area contributed by atoms with Crippen LogP contribution in [0.5, 0.6) is 0 Å². The lowest BCUT2D eigenvalue weighted by Gasteiger charge is -2.61. The summed E-state index contributed by atoms with van der Waals surface area (Å²) in [6.07, 6.45) is 14.6. The van der Waals surface area contributed by atoms with Crippen LogP contribution in [0, 0.1) is 45.8 Å². The van der Waals surface area contributed by atoms with E-state index in [0.29, 0.717) is 29.5 Å². The third-order valence-electron chi connectivity index (χ3n) is 11.1. The SMILES string of the molecule is CC[C@@]12C(=O)C[C@H]([C@H](C)CCCC(C)C)[C@@]1(C)CC[C@H]1C2=CC[C@H]2C[C@@H](O)CC[C@@]21C. The van der Waals surface area contributed by atoms with Gasteiger partial charge >= 0.3 is 0 Å². The van der Waals surface area contributed by atoms with Gasteiger partial charge in [-0.2, -0.15) is 0 Å². The largest absolute Gasteiger partial charge is 0.393 e. The zero-order chi connectivity index (χ0) is 22.6. The highest BCUT2D eigenvalue weighted by atomic mass is 16.3. The Balaban J connectivity index is 1.66. The fourth-order valence-corrected chi connectivity index (χ4v) is 9.20. The lowest BCUT2D eigenvalue weighted by molar-refractivity contribution is -0.133. The molecule has 0 spiro atoms. The Morgan fingerprint density at radius 1 is 1.13 bits per heavy atom. The smallest absolute Gasteiger partial charge is 0.143 e. The molecule has 0 unspecified atom stereocenters. The number of carbonyl (C=O) groups excluding carboxylic acids is 1. The maximum Gasteiger partial charge on any atom is 0.143 e. The van der Waals surface area contributed by atoms with Gasteiger partial charge in [0.25, 0.3) is 0 Å². The molecule has 1 N–H and O–H groups in total. The molecule has 0 aromatic rings. The average Bonchev–Trinajstić information content (AvgIpc) is 2.95. The van der Waals surface area contributed by atoms with Crippen LogP contribution in [0.15, 0.2) is 11.6 Å². The normalized spacial score (nSPS) is 45.7. The highest BCUT2D eigenvalue weighted by molar-refractivity contribution is 5.92. The van der Waals surface area contributed by atoms with Crippen molar-refractivity contribution >= 4 is 5.78 Å². The van der Waals surface area contributed by atoms with Gasteiger partial charge in [-0.15, -0.1) is 0 Å². The molecule has 3 fully saturated rings. The third-order valence-corrected chi connectivity index (χ3v) is 11.1. The zero-order valence-corrected chi connectivity index (χ0v) is 21.2. The number of hydrogen-bond acceptors (Lipinski definition) is 2. The molecule has 0 aromatic carbocycles. The maximum absolute atomic E-state index is 14.0. The summed E-state index contributed by atoms with van der Waals surface area (Å²) in [7, 11) is 0. The minimum atomic E-state index is -0.225. The standard InChI is InChI=1S/C29H48O2/c1-7-29-24-12-11-21-17-22(30)13-15-27(21,5)23(24)14-16-28(29,6)25(18-26(29)31)20(4)10-8-9-19(2)3/h12,19-23,25,30H,7-11,13-18H2,1-6H3/t20-,21+,22+,23+,25-,27+,28-,29-/m1/s1. The van der Waals surface area contributed by atoms with Gasteiger partial charge in [0.1, 0.15) is 5.78 Å². The van der Waals surface area contributed by atoms with Crippen LogP contribution >= 0.6 is 0 Å². The number of ketones is 1. The Morgan fingerprint density at radius 2 is 1.87 bits per heavy atom. The maximum atomic E-state index is 14.0. The van der Waals surface area contributed by atoms with E-state index in [1.807, 2.05) is 0 Å². The first-order chi connectivity index (χ1) is 14.6. The molecule has 176 valence electrons. The van der Waals surface area contributed by atoms with Crippen LogP contribution in [0.3, 0.4) is 0 Å². The number of allylic oxidation sites excluding steroid dienone is 2. The van der Waals surface area contributed by atoms with Gasteiger partial charge in [0.15, 0.2) is 0 Å². The predicted molar refractivity (Wildman–Crippen MR) is 129 cm³/mol. The Morgan fingerprint density at radius 3 is 2.55 bits per heavy atom. The van der Waals surface area contributed by atoms with Crippen molar-refractivity contribution in [2.75, 3.05) is 0 Å². The van der Waals surface area contributed by atoms with E-state index in [0.717, 1.165) is 44.4 Å². The summed E-state index contributed by atoms with van der Waals surface area (Å²) in [5.74, 6) is 3.64. The van der Waals surface area contributed by atoms with Gasteiger partial charge in [-0.05, 0) is 85.4 Å². The first-order valence-electron chi connectivity index (χ1n) is 13.5. The van der Waals surface area contributed by atoms with E-state index < -0.39 is 0 Å². The van der Waals surface area contributed by atoms with Crippen molar-refractivity contribution in [1.82, 2.24) is 0 Å². The first kappa shape index (κ1) is 23.5. The van der Waals surface area contributed by atoms with Gasteiger partial charge in [0.05, 0.1) is 11.5 Å². The topological polar surface area (TPSA) is 37.3 Å². The van der Waals surface area contributed by atoms with Crippen LogP contribution in [0.2, 0.25) is 0 Å². The number of hydrogen-bond donors (Lipinski definition) is 1. The predicted octanol–water partition coefficient (Wildman–Crippen LogP) is 7.35. The number of Topliss-reactive ketones (excluding diaryl/α,β-unsaturated/α-hetero) is 1. The Kier molecular flexibility index (Phi) is 6.30. The van der Waals surface area contributed by atoms with Gasteiger partial charge in [0.2, 0.25) is 0 Å². The molecule has 3 saturated carbocycles. The van der Waals surface area contributed by atoms with Crippen LogP contribution in [0.4, 0.5) is 0 Å². The minimum Gasteiger partial charge on any atom is -0.393 e. The number of aliphatic hydroxyl groups is 1. The third kappa shape index (κ3) is 3.41. The average molecular weight is 429 g/mol. The van der Waals surface area contributed by atoms with Crippen LogP contribution < -0.4 is 0 Å². The van der Waals surface area contributed by atoms with Crippen molar-refractivity contribution in [1.29, 1.82) is 0 Å². The quantitative estimate of drug-likeness (QED) is 0.449. The zero-order valence-electron chi connectivity index (χ0n) is 21.2. The van der Waals surface area contributed by atoms with Crippen molar-refractivity contribution in [2.45, 2.75) is 118 Å². The van der Waals surface area contributed by atoms with E-state index in [1.165, 1.54) is 32.1 Å². The molecule has 2 nitrogen and oxygen atoms in total. The van der Waals surface area contributed by atoms with Crippen molar-refractivity contribution in [2.24, 2.45) is 45.8 Å². The van der Waals surface area contributed by atoms with E-state index in [2.05, 4.69) is 47.6 Å². The number of fused-ring (bicyclic) bond motifs is 5. The van der Waals surface area contributed by atoms with Crippen LogP contribution in [-0.4, -0.2) is 17.0 Å². The number of aliphatic hydroxyl groups excluding tert-OH is 1. The van der Waals surface area contributed by atoms with Gasteiger partial charge in [-0.1, -0.05) is 72.5 Å². The van der Waals surface area contributed by atoms with Gasteiger partial charge in [0, 0.05) is 6.42 Å². The van der Waals surface area contributed by atoms with Crippen LogP contribution in [0.1, 0.15) is 112 Å². The van der Waals surface area contributed by atoms with Crippen LogP contribution in [-0.2, 0) is 4.79 Å².